The first-order chi connectivity index (χ1) is 15.9. The van der Waals surface area contributed by atoms with E-state index in [1.807, 2.05) is 37.3 Å². The first-order valence-electron chi connectivity index (χ1n) is 11.4. The van der Waals surface area contributed by atoms with E-state index in [2.05, 4.69) is 17.3 Å². The summed E-state index contributed by atoms with van der Waals surface area (Å²) in [5.74, 6) is 1.000. The van der Waals surface area contributed by atoms with E-state index in [-0.39, 0.29) is 17.6 Å². The number of quaternary nitrogens is 1. The number of carbonyl (C=O) groups is 1. The number of aryl methyl sites for hydroxylation is 1. The van der Waals surface area contributed by atoms with E-state index in [1.165, 1.54) is 12.1 Å². The van der Waals surface area contributed by atoms with Gasteiger partial charge < -0.3 is 19.3 Å². The van der Waals surface area contributed by atoms with Gasteiger partial charge in [0.1, 0.15) is 30.4 Å². The van der Waals surface area contributed by atoms with Crippen molar-refractivity contribution in [3.05, 3.63) is 83.2 Å². The summed E-state index contributed by atoms with van der Waals surface area (Å²) in [7, 11) is 2.21. The first-order valence-corrected chi connectivity index (χ1v) is 11.4. The number of allylic oxidation sites excluding steroid dienone is 3. The molecule has 1 atom stereocenters. The molecular formula is C26H31FN3O3+. The second-order valence-corrected chi connectivity index (χ2v) is 8.94. The van der Waals surface area contributed by atoms with Crippen LogP contribution in [0.1, 0.15) is 34.1 Å². The maximum Gasteiger partial charge on any atom is 0.251 e. The average molecular weight is 453 g/mol. The molecule has 33 heavy (non-hydrogen) atoms. The molecule has 0 saturated carbocycles. The lowest BCUT2D eigenvalue weighted by molar-refractivity contribution is -0.915. The minimum atomic E-state index is -0.294. The molecule has 1 aromatic carbocycles. The van der Waals surface area contributed by atoms with Gasteiger partial charge in [0.25, 0.3) is 5.91 Å². The van der Waals surface area contributed by atoms with Crippen LogP contribution < -0.4 is 10.1 Å². The highest BCUT2D eigenvalue weighted by atomic mass is 19.1. The van der Waals surface area contributed by atoms with Crippen LogP contribution in [0.4, 0.5) is 4.39 Å². The lowest BCUT2D eigenvalue weighted by Crippen LogP contribution is -2.54. The molecule has 1 saturated heterocycles. The number of ether oxygens (including phenoxy) is 2. The number of likely N-dealkylation sites (N-methyl/N-ethyl adjacent to an activating group) is 1. The molecule has 1 amide bonds. The monoisotopic (exact) mass is 452 g/mol. The normalized spacial score (nSPS) is 19.6. The molecule has 2 aliphatic rings. The quantitative estimate of drug-likeness (QED) is 0.651. The summed E-state index contributed by atoms with van der Waals surface area (Å²) >= 11 is 0. The zero-order valence-electron chi connectivity index (χ0n) is 19.2. The summed E-state index contributed by atoms with van der Waals surface area (Å²) < 4.78 is 25.2. The van der Waals surface area contributed by atoms with Gasteiger partial charge in [-0.1, -0.05) is 6.08 Å². The van der Waals surface area contributed by atoms with Gasteiger partial charge in [0.05, 0.1) is 33.4 Å². The summed E-state index contributed by atoms with van der Waals surface area (Å²) in [5.41, 5.74) is 2.31. The molecule has 0 radical (unpaired) electrons. The van der Waals surface area contributed by atoms with Crippen molar-refractivity contribution in [1.29, 1.82) is 0 Å². The smallest absolute Gasteiger partial charge is 0.251 e. The SMILES string of the molecule is Cc1cc(C(=O)NCC[N+]2(C)CCOCC2)cc(C2C=CC(Oc3ccc(F)cc3)=CC2)n1. The summed E-state index contributed by atoms with van der Waals surface area (Å²) in [6, 6.07) is 9.65. The van der Waals surface area contributed by atoms with E-state index in [1.54, 1.807) is 12.1 Å². The van der Waals surface area contributed by atoms with Gasteiger partial charge in [0, 0.05) is 22.9 Å². The van der Waals surface area contributed by atoms with E-state index < -0.39 is 0 Å². The highest BCUT2D eigenvalue weighted by Gasteiger charge is 2.25. The Morgan fingerprint density at radius 3 is 2.70 bits per heavy atom. The second kappa shape index (κ2) is 10.3. The molecule has 0 spiro atoms. The number of hydrogen-bond donors (Lipinski definition) is 1. The van der Waals surface area contributed by atoms with Crippen LogP contribution in [-0.4, -0.2) is 61.8 Å². The van der Waals surface area contributed by atoms with Gasteiger partial charge in [0.15, 0.2) is 0 Å². The topological polar surface area (TPSA) is 60.5 Å². The second-order valence-electron chi connectivity index (χ2n) is 8.94. The highest BCUT2D eigenvalue weighted by Crippen LogP contribution is 2.28. The standard InChI is InChI=1S/C26H30FN3O3/c1-19-17-21(26(31)28-11-12-30(2)13-15-32-16-14-30)18-25(29-19)20-3-7-23(8-4-20)33-24-9-5-22(27)6-10-24/h3,5-10,17-18,20H,4,11-16H2,1-2H3/p+1. The fourth-order valence-electron chi connectivity index (χ4n) is 4.10. The lowest BCUT2D eigenvalue weighted by Gasteiger charge is -2.37. The third-order valence-electron chi connectivity index (χ3n) is 6.22. The van der Waals surface area contributed by atoms with Crippen LogP contribution in [0, 0.1) is 12.7 Å². The number of aromatic nitrogens is 1. The Labute approximate surface area is 194 Å². The molecular weight excluding hydrogens is 421 g/mol. The average Bonchev–Trinajstić information content (AvgIpc) is 2.81. The van der Waals surface area contributed by atoms with Gasteiger partial charge in [0.2, 0.25) is 0 Å². The minimum absolute atomic E-state index is 0.0647. The van der Waals surface area contributed by atoms with E-state index in [0.717, 1.165) is 48.7 Å². The van der Waals surface area contributed by atoms with Crippen LogP contribution in [0.2, 0.25) is 0 Å². The largest absolute Gasteiger partial charge is 0.458 e. The molecule has 2 heterocycles. The number of morpholine rings is 1. The Balaban J connectivity index is 1.35. The van der Waals surface area contributed by atoms with Gasteiger partial charge in [-0.25, -0.2) is 4.39 Å². The first kappa shape index (κ1) is 23.1. The molecule has 1 aliphatic carbocycles. The van der Waals surface area contributed by atoms with Crippen LogP contribution in [-0.2, 0) is 4.74 Å². The molecule has 2 aromatic rings. The van der Waals surface area contributed by atoms with Crippen molar-refractivity contribution < 1.29 is 23.1 Å². The predicted octanol–water partition coefficient (Wildman–Crippen LogP) is 3.74. The van der Waals surface area contributed by atoms with Crippen LogP contribution >= 0.6 is 0 Å². The number of benzene rings is 1. The van der Waals surface area contributed by atoms with E-state index in [0.29, 0.717) is 30.0 Å². The summed E-state index contributed by atoms with van der Waals surface area (Å²) in [6.07, 6.45) is 6.63. The van der Waals surface area contributed by atoms with Crippen molar-refractivity contribution in [1.82, 2.24) is 10.3 Å². The number of amides is 1. The summed E-state index contributed by atoms with van der Waals surface area (Å²) in [6.45, 7) is 6.92. The predicted molar refractivity (Wildman–Crippen MR) is 125 cm³/mol. The molecule has 6 nitrogen and oxygen atoms in total. The third kappa shape index (κ3) is 6.27. The van der Waals surface area contributed by atoms with Crippen molar-refractivity contribution in [2.24, 2.45) is 0 Å². The maximum atomic E-state index is 13.1. The van der Waals surface area contributed by atoms with Gasteiger partial charge in [-0.2, -0.15) is 0 Å². The van der Waals surface area contributed by atoms with E-state index in [9.17, 15) is 9.18 Å². The fourth-order valence-corrected chi connectivity index (χ4v) is 4.10. The van der Waals surface area contributed by atoms with Gasteiger partial charge in [-0.15, -0.1) is 0 Å². The number of nitrogens with one attached hydrogen (secondary N) is 1. The van der Waals surface area contributed by atoms with Gasteiger partial charge in [-0.05, 0) is 61.9 Å². The number of carbonyl (C=O) groups excluding carboxylic acids is 1. The molecule has 1 fully saturated rings. The number of nitrogens with zero attached hydrogens (tertiary/aromatic N) is 2. The van der Waals surface area contributed by atoms with Crippen molar-refractivity contribution in [3.8, 4) is 5.75 Å². The van der Waals surface area contributed by atoms with Crippen LogP contribution in [0.25, 0.3) is 0 Å². The summed E-state index contributed by atoms with van der Waals surface area (Å²) in [5, 5.41) is 3.07. The maximum absolute atomic E-state index is 13.1. The Morgan fingerprint density at radius 1 is 1.24 bits per heavy atom. The molecule has 1 N–H and O–H groups in total. The number of hydrogen-bond acceptors (Lipinski definition) is 4. The molecule has 1 unspecified atom stereocenters. The zero-order valence-corrected chi connectivity index (χ0v) is 19.2. The molecule has 0 bridgehead atoms. The molecule has 1 aliphatic heterocycles. The molecule has 1 aromatic heterocycles. The number of pyridine rings is 1. The van der Waals surface area contributed by atoms with E-state index in [4.69, 9.17) is 9.47 Å². The van der Waals surface area contributed by atoms with Crippen molar-refractivity contribution in [2.75, 3.05) is 46.4 Å². The van der Waals surface area contributed by atoms with Crippen LogP contribution in [0.15, 0.2) is 60.4 Å². The Kier molecular flexibility index (Phi) is 7.20. The molecule has 7 heteroatoms. The lowest BCUT2D eigenvalue weighted by atomic mass is 9.94. The van der Waals surface area contributed by atoms with Gasteiger partial charge in [-0.3, -0.25) is 9.78 Å². The fraction of sp³-hybridized carbons (Fsp3) is 0.385. The van der Waals surface area contributed by atoms with Crippen LogP contribution in [0.3, 0.4) is 0 Å². The summed E-state index contributed by atoms with van der Waals surface area (Å²) in [4.78, 5) is 17.5. The Bertz CT molecular complexity index is 1040. The zero-order chi connectivity index (χ0) is 23.3. The highest BCUT2D eigenvalue weighted by molar-refractivity contribution is 5.94. The van der Waals surface area contributed by atoms with E-state index >= 15 is 0 Å². The minimum Gasteiger partial charge on any atom is -0.458 e. The molecule has 174 valence electrons. The number of rotatable bonds is 7. The van der Waals surface area contributed by atoms with Crippen molar-refractivity contribution in [2.45, 2.75) is 19.3 Å². The molecule has 4 rings (SSSR count). The Morgan fingerprint density at radius 2 is 2.00 bits per heavy atom. The Hall–Kier alpha value is -3.03. The van der Waals surface area contributed by atoms with Crippen LogP contribution in [0.5, 0.6) is 5.75 Å². The number of halogens is 1. The van der Waals surface area contributed by atoms with Crippen molar-refractivity contribution in [3.63, 3.8) is 0 Å². The van der Waals surface area contributed by atoms with Gasteiger partial charge >= 0.3 is 0 Å². The van der Waals surface area contributed by atoms with Crippen molar-refractivity contribution >= 4 is 5.91 Å². The third-order valence-corrected chi connectivity index (χ3v) is 6.22.